The van der Waals surface area contributed by atoms with Crippen LogP contribution >= 0.6 is 0 Å². The van der Waals surface area contributed by atoms with Crippen molar-refractivity contribution in [2.75, 3.05) is 26.3 Å². The number of fused-ring (bicyclic) bond motifs is 1. The molecule has 21 heavy (non-hydrogen) atoms. The maximum absolute atomic E-state index is 13.4. The molecule has 1 aromatic heterocycles. The summed E-state index contributed by atoms with van der Waals surface area (Å²) in [6.45, 7) is 1.72. The van der Waals surface area contributed by atoms with E-state index in [9.17, 15) is 14.0 Å². The van der Waals surface area contributed by atoms with Gasteiger partial charge in [-0.15, -0.1) is 0 Å². The first kappa shape index (κ1) is 13.7. The van der Waals surface area contributed by atoms with Crippen molar-refractivity contribution in [2.45, 2.75) is 0 Å². The first-order valence-electron chi connectivity index (χ1n) is 6.61. The fraction of sp³-hybridized carbons (Fsp3) is 0.357. The van der Waals surface area contributed by atoms with Gasteiger partial charge in [-0.3, -0.25) is 14.3 Å². The molecule has 2 aromatic rings. The summed E-state index contributed by atoms with van der Waals surface area (Å²) in [6, 6.07) is 3.87. The van der Waals surface area contributed by atoms with Crippen LogP contribution in [0.5, 0.6) is 0 Å². The fourth-order valence-electron chi connectivity index (χ4n) is 2.41. The Balaban J connectivity index is 2.12. The number of aromatic nitrogens is 2. The van der Waals surface area contributed by atoms with Crippen molar-refractivity contribution in [3.05, 3.63) is 39.9 Å². The Labute approximate surface area is 119 Å². The SMILES string of the molecule is Cn1nc(C(=O)N2CCOCC2)c(=O)c2cc(F)ccc21. The third kappa shape index (κ3) is 2.40. The summed E-state index contributed by atoms with van der Waals surface area (Å²) in [6.07, 6.45) is 0. The Morgan fingerprint density at radius 3 is 2.76 bits per heavy atom. The second-order valence-corrected chi connectivity index (χ2v) is 4.87. The van der Waals surface area contributed by atoms with Gasteiger partial charge in [0.15, 0.2) is 5.69 Å². The van der Waals surface area contributed by atoms with Crippen molar-refractivity contribution in [2.24, 2.45) is 7.05 Å². The molecule has 0 aliphatic carbocycles. The molecular formula is C14H14FN3O3. The van der Waals surface area contributed by atoms with E-state index in [2.05, 4.69) is 5.10 Å². The summed E-state index contributed by atoms with van der Waals surface area (Å²) in [4.78, 5) is 26.3. The number of nitrogens with zero attached hydrogens (tertiary/aromatic N) is 3. The van der Waals surface area contributed by atoms with Gasteiger partial charge in [-0.1, -0.05) is 0 Å². The number of halogens is 1. The van der Waals surface area contributed by atoms with E-state index in [0.717, 1.165) is 6.07 Å². The van der Waals surface area contributed by atoms with Gasteiger partial charge in [0, 0.05) is 20.1 Å². The van der Waals surface area contributed by atoms with E-state index in [1.807, 2.05) is 0 Å². The Bertz CT molecular complexity index is 766. The average molecular weight is 291 g/mol. The topological polar surface area (TPSA) is 64.4 Å². The molecule has 3 rings (SSSR count). The van der Waals surface area contributed by atoms with Crippen LogP contribution in [0.15, 0.2) is 23.0 Å². The maximum Gasteiger partial charge on any atom is 0.278 e. The lowest BCUT2D eigenvalue weighted by atomic mass is 10.2. The third-order valence-corrected chi connectivity index (χ3v) is 3.52. The van der Waals surface area contributed by atoms with Crippen molar-refractivity contribution in [1.82, 2.24) is 14.7 Å². The predicted molar refractivity (Wildman–Crippen MR) is 73.7 cm³/mol. The van der Waals surface area contributed by atoms with Crippen LogP contribution in [-0.4, -0.2) is 46.9 Å². The molecule has 0 bridgehead atoms. The number of ether oxygens (including phenoxy) is 1. The normalized spacial score (nSPS) is 15.4. The minimum absolute atomic E-state index is 0.157. The second kappa shape index (κ2) is 5.25. The number of morpholine rings is 1. The molecule has 1 amide bonds. The highest BCUT2D eigenvalue weighted by atomic mass is 19.1. The predicted octanol–water partition coefficient (Wildman–Crippen LogP) is 0.545. The molecule has 1 fully saturated rings. The molecule has 1 aliphatic rings. The molecule has 1 aromatic carbocycles. The summed E-state index contributed by atoms with van der Waals surface area (Å²) in [5, 5.41) is 4.21. The molecule has 1 saturated heterocycles. The van der Waals surface area contributed by atoms with E-state index in [-0.39, 0.29) is 11.1 Å². The third-order valence-electron chi connectivity index (χ3n) is 3.52. The molecule has 2 heterocycles. The van der Waals surface area contributed by atoms with Gasteiger partial charge in [0.25, 0.3) is 5.91 Å². The summed E-state index contributed by atoms with van der Waals surface area (Å²) in [5.74, 6) is -0.958. The van der Waals surface area contributed by atoms with E-state index in [1.54, 1.807) is 7.05 Å². The van der Waals surface area contributed by atoms with Crippen molar-refractivity contribution >= 4 is 16.8 Å². The quantitative estimate of drug-likeness (QED) is 0.769. The number of amides is 1. The van der Waals surface area contributed by atoms with Gasteiger partial charge in [-0.25, -0.2) is 4.39 Å². The van der Waals surface area contributed by atoms with Crippen molar-refractivity contribution < 1.29 is 13.9 Å². The first-order chi connectivity index (χ1) is 10.1. The van der Waals surface area contributed by atoms with Crippen molar-refractivity contribution in [1.29, 1.82) is 0 Å². The van der Waals surface area contributed by atoms with Gasteiger partial charge in [0.1, 0.15) is 5.82 Å². The number of aryl methyl sites for hydroxylation is 1. The van der Waals surface area contributed by atoms with Crippen molar-refractivity contribution in [3.8, 4) is 0 Å². The monoisotopic (exact) mass is 291 g/mol. The zero-order valence-corrected chi connectivity index (χ0v) is 11.5. The van der Waals surface area contributed by atoms with Crippen LogP contribution in [0.4, 0.5) is 4.39 Å². The van der Waals surface area contributed by atoms with E-state index in [0.29, 0.717) is 31.8 Å². The van der Waals surface area contributed by atoms with Gasteiger partial charge >= 0.3 is 0 Å². The van der Waals surface area contributed by atoms with Gasteiger partial charge in [0.2, 0.25) is 5.43 Å². The molecular weight excluding hydrogens is 277 g/mol. The van der Waals surface area contributed by atoms with E-state index < -0.39 is 17.2 Å². The number of hydrogen-bond acceptors (Lipinski definition) is 4. The molecule has 0 saturated carbocycles. The molecule has 110 valence electrons. The van der Waals surface area contributed by atoms with Crippen LogP contribution in [0.1, 0.15) is 10.5 Å². The Hall–Kier alpha value is -2.28. The zero-order valence-electron chi connectivity index (χ0n) is 11.5. The molecule has 0 unspecified atom stereocenters. The minimum Gasteiger partial charge on any atom is -0.378 e. The molecule has 7 heteroatoms. The Morgan fingerprint density at radius 1 is 1.33 bits per heavy atom. The summed E-state index contributed by atoms with van der Waals surface area (Å²) >= 11 is 0. The van der Waals surface area contributed by atoms with Crippen LogP contribution in [0.2, 0.25) is 0 Å². The van der Waals surface area contributed by atoms with Crippen LogP contribution in [0.25, 0.3) is 10.9 Å². The average Bonchev–Trinajstić information content (AvgIpc) is 2.51. The summed E-state index contributed by atoms with van der Waals surface area (Å²) < 4.78 is 20.0. The van der Waals surface area contributed by atoms with Crippen LogP contribution in [0.3, 0.4) is 0 Å². The van der Waals surface area contributed by atoms with Crippen LogP contribution in [0, 0.1) is 5.82 Å². The van der Waals surface area contributed by atoms with Crippen molar-refractivity contribution in [3.63, 3.8) is 0 Å². The first-order valence-corrected chi connectivity index (χ1v) is 6.61. The van der Waals surface area contributed by atoms with Gasteiger partial charge in [0.05, 0.1) is 24.1 Å². The van der Waals surface area contributed by atoms with Gasteiger partial charge in [-0.05, 0) is 18.2 Å². The van der Waals surface area contributed by atoms with Gasteiger partial charge < -0.3 is 9.64 Å². The number of carbonyl (C=O) groups is 1. The summed E-state index contributed by atoms with van der Waals surface area (Å²) in [7, 11) is 1.62. The zero-order chi connectivity index (χ0) is 15.0. The highest BCUT2D eigenvalue weighted by Gasteiger charge is 2.24. The Kier molecular flexibility index (Phi) is 3.42. The maximum atomic E-state index is 13.4. The number of hydrogen-bond donors (Lipinski definition) is 0. The number of carbonyl (C=O) groups excluding carboxylic acids is 1. The lowest BCUT2D eigenvalue weighted by Crippen LogP contribution is -2.43. The van der Waals surface area contributed by atoms with Crippen LogP contribution < -0.4 is 5.43 Å². The molecule has 0 spiro atoms. The number of rotatable bonds is 1. The molecule has 6 nitrogen and oxygen atoms in total. The number of benzene rings is 1. The van der Waals surface area contributed by atoms with E-state index in [1.165, 1.54) is 21.7 Å². The van der Waals surface area contributed by atoms with E-state index >= 15 is 0 Å². The summed E-state index contributed by atoms with van der Waals surface area (Å²) in [5.41, 5.74) is -0.239. The smallest absolute Gasteiger partial charge is 0.278 e. The van der Waals surface area contributed by atoms with Crippen LogP contribution in [-0.2, 0) is 11.8 Å². The molecule has 0 radical (unpaired) electrons. The molecule has 0 N–H and O–H groups in total. The van der Waals surface area contributed by atoms with E-state index in [4.69, 9.17) is 4.74 Å². The fourth-order valence-corrected chi connectivity index (χ4v) is 2.41. The molecule has 0 atom stereocenters. The molecule has 1 aliphatic heterocycles. The standard InChI is InChI=1S/C14H14FN3O3/c1-17-11-3-2-9(15)8-10(11)13(19)12(16-17)14(20)18-4-6-21-7-5-18/h2-3,8H,4-7H2,1H3. The lowest BCUT2D eigenvalue weighted by Gasteiger charge is -2.26. The lowest BCUT2D eigenvalue weighted by molar-refractivity contribution is 0.0297. The highest BCUT2D eigenvalue weighted by molar-refractivity contribution is 5.95. The van der Waals surface area contributed by atoms with Gasteiger partial charge in [-0.2, -0.15) is 5.10 Å². The minimum atomic E-state index is -0.543. The highest BCUT2D eigenvalue weighted by Crippen LogP contribution is 2.12. The Morgan fingerprint density at radius 2 is 2.05 bits per heavy atom. The largest absolute Gasteiger partial charge is 0.378 e. The second-order valence-electron chi connectivity index (χ2n) is 4.87.